The van der Waals surface area contributed by atoms with E-state index in [0.29, 0.717) is 42.0 Å². The first kappa shape index (κ1) is 27.3. The number of nitrogens with one attached hydrogen (secondary N) is 1. The number of dihydropyridines is 1. The first-order chi connectivity index (χ1) is 19.5. The lowest BCUT2D eigenvalue weighted by atomic mass is 9.72. The molecule has 3 aromatic rings. The van der Waals surface area contributed by atoms with Gasteiger partial charge in [0.1, 0.15) is 24.7 Å². The Kier molecular flexibility index (Phi) is 8.65. The van der Waals surface area contributed by atoms with Gasteiger partial charge in [-0.05, 0) is 61.1 Å². The SMILES string of the molecule is CCCOc1ccc(C2C(C(=O)OCCOc3ccccc3)=C(C)NC3=C2C(=O)CC(c2ccccc2)C3)cc1. The van der Waals surface area contributed by atoms with Crippen molar-refractivity contribution in [3.8, 4) is 11.5 Å². The quantitative estimate of drug-likeness (QED) is 0.236. The molecular weight excluding hydrogens is 502 g/mol. The number of hydrogen-bond acceptors (Lipinski definition) is 6. The summed E-state index contributed by atoms with van der Waals surface area (Å²) in [6, 6.07) is 27.2. The fourth-order valence-electron chi connectivity index (χ4n) is 5.47. The summed E-state index contributed by atoms with van der Waals surface area (Å²) in [5.74, 6) is 0.625. The average molecular weight is 538 g/mol. The molecule has 2 unspecified atom stereocenters. The molecule has 0 saturated carbocycles. The second-order valence-corrected chi connectivity index (χ2v) is 10.1. The predicted molar refractivity (Wildman–Crippen MR) is 154 cm³/mol. The van der Waals surface area contributed by atoms with Gasteiger partial charge in [-0.1, -0.05) is 67.6 Å². The van der Waals surface area contributed by atoms with E-state index < -0.39 is 11.9 Å². The predicted octanol–water partition coefficient (Wildman–Crippen LogP) is 6.46. The van der Waals surface area contributed by atoms with Crippen LogP contribution in [0.3, 0.4) is 0 Å². The maximum atomic E-state index is 13.8. The Morgan fingerprint density at radius 1 is 0.800 bits per heavy atom. The van der Waals surface area contributed by atoms with E-state index in [2.05, 4.69) is 24.4 Å². The van der Waals surface area contributed by atoms with Crippen molar-refractivity contribution in [2.24, 2.45) is 0 Å². The molecule has 2 aliphatic rings. The van der Waals surface area contributed by atoms with E-state index in [4.69, 9.17) is 14.2 Å². The highest BCUT2D eigenvalue weighted by Gasteiger charge is 2.41. The molecular formula is C34H35NO5. The summed E-state index contributed by atoms with van der Waals surface area (Å²) in [7, 11) is 0. The second-order valence-electron chi connectivity index (χ2n) is 10.1. The van der Waals surface area contributed by atoms with E-state index in [1.165, 1.54) is 0 Å². The van der Waals surface area contributed by atoms with Crippen LogP contribution in [0.5, 0.6) is 11.5 Å². The topological polar surface area (TPSA) is 73.9 Å². The molecule has 40 heavy (non-hydrogen) atoms. The van der Waals surface area contributed by atoms with Crippen LogP contribution in [0, 0.1) is 0 Å². The number of esters is 1. The van der Waals surface area contributed by atoms with E-state index in [9.17, 15) is 9.59 Å². The van der Waals surface area contributed by atoms with Gasteiger partial charge in [0.25, 0.3) is 0 Å². The summed E-state index contributed by atoms with van der Waals surface area (Å²) < 4.78 is 17.2. The number of allylic oxidation sites excluding steroid dienone is 3. The number of carbonyl (C=O) groups excluding carboxylic acids is 2. The maximum Gasteiger partial charge on any atom is 0.336 e. The molecule has 5 rings (SSSR count). The van der Waals surface area contributed by atoms with Crippen LogP contribution in [0.15, 0.2) is 107 Å². The normalized spacial score (nSPS) is 18.6. The third-order valence-electron chi connectivity index (χ3n) is 7.33. The van der Waals surface area contributed by atoms with Gasteiger partial charge >= 0.3 is 5.97 Å². The van der Waals surface area contributed by atoms with Crippen molar-refractivity contribution in [3.63, 3.8) is 0 Å². The largest absolute Gasteiger partial charge is 0.494 e. The molecule has 0 fully saturated rings. The average Bonchev–Trinajstić information content (AvgIpc) is 2.98. The number of ether oxygens (including phenoxy) is 3. The molecule has 2 atom stereocenters. The van der Waals surface area contributed by atoms with Gasteiger partial charge in [0.05, 0.1) is 12.2 Å². The Balaban J connectivity index is 1.41. The van der Waals surface area contributed by atoms with Crippen molar-refractivity contribution in [3.05, 3.63) is 119 Å². The van der Waals surface area contributed by atoms with Crippen LogP contribution in [-0.2, 0) is 14.3 Å². The fourth-order valence-corrected chi connectivity index (χ4v) is 5.47. The van der Waals surface area contributed by atoms with Gasteiger partial charge in [-0.15, -0.1) is 0 Å². The molecule has 1 aliphatic heterocycles. The van der Waals surface area contributed by atoms with Gasteiger partial charge in [0.15, 0.2) is 5.78 Å². The van der Waals surface area contributed by atoms with Crippen LogP contribution in [0.2, 0.25) is 0 Å². The maximum absolute atomic E-state index is 13.8. The molecule has 1 N–H and O–H groups in total. The van der Waals surface area contributed by atoms with Crippen LogP contribution in [0.4, 0.5) is 0 Å². The second kappa shape index (κ2) is 12.7. The lowest BCUT2D eigenvalue weighted by Gasteiger charge is -2.36. The number of carbonyl (C=O) groups is 2. The zero-order chi connectivity index (χ0) is 27.9. The highest BCUT2D eigenvalue weighted by molar-refractivity contribution is 6.04. The number of ketones is 1. The minimum absolute atomic E-state index is 0.0455. The van der Waals surface area contributed by atoms with Crippen LogP contribution in [0.25, 0.3) is 0 Å². The number of para-hydroxylation sites is 1. The highest BCUT2D eigenvalue weighted by atomic mass is 16.6. The molecule has 6 heteroatoms. The third-order valence-corrected chi connectivity index (χ3v) is 7.33. The first-order valence-electron chi connectivity index (χ1n) is 13.9. The van der Waals surface area contributed by atoms with Gasteiger partial charge < -0.3 is 19.5 Å². The molecule has 0 aromatic heterocycles. The van der Waals surface area contributed by atoms with Crippen LogP contribution in [0.1, 0.15) is 56.1 Å². The Bertz CT molecular complexity index is 1390. The van der Waals surface area contributed by atoms with Crippen molar-refractivity contribution < 1.29 is 23.8 Å². The lowest BCUT2D eigenvalue weighted by molar-refractivity contribution is -0.140. The summed E-state index contributed by atoms with van der Waals surface area (Å²) in [5, 5.41) is 3.42. The molecule has 206 valence electrons. The number of rotatable bonds is 10. The Hall–Kier alpha value is -4.32. The third kappa shape index (κ3) is 6.12. The number of Topliss-reactive ketones (excluding diaryl/α,β-unsaturated/α-hetero) is 1. The van der Waals surface area contributed by atoms with Crippen molar-refractivity contribution in [2.45, 2.75) is 44.9 Å². The molecule has 1 heterocycles. The summed E-state index contributed by atoms with van der Waals surface area (Å²) >= 11 is 0. The van der Waals surface area contributed by atoms with Gasteiger partial charge in [0, 0.05) is 29.3 Å². The fraction of sp³-hybridized carbons (Fsp3) is 0.294. The Labute approximate surface area is 235 Å². The molecule has 0 saturated heterocycles. The number of benzene rings is 3. The monoisotopic (exact) mass is 537 g/mol. The van der Waals surface area contributed by atoms with E-state index in [1.807, 2.05) is 79.7 Å². The summed E-state index contributed by atoms with van der Waals surface area (Å²) in [5.41, 5.74) is 4.67. The molecule has 0 amide bonds. The van der Waals surface area contributed by atoms with Gasteiger partial charge in [-0.3, -0.25) is 4.79 Å². The van der Waals surface area contributed by atoms with E-state index in [1.54, 1.807) is 0 Å². The standard InChI is InChI=1S/C34H35NO5/c1-3-18-38-28-16-14-25(15-17-28)32-31(34(37)40-20-19-39-27-12-8-5-9-13-27)23(2)35-29-21-26(22-30(36)33(29)32)24-10-6-4-7-11-24/h4-17,26,32,35H,3,18-22H2,1-2H3. The smallest absolute Gasteiger partial charge is 0.336 e. The van der Waals surface area contributed by atoms with Gasteiger partial charge in [-0.25, -0.2) is 4.79 Å². The van der Waals surface area contributed by atoms with Crippen molar-refractivity contribution in [1.82, 2.24) is 5.32 Å². The van der Waals surface area contributed by atoms with Crippen molar-refractivity contribution in [1.29, 1.82) is 0 Å². The molecule has 0 radical (unpaired) electrons. The Morgan fingerprint density at radius 2 is 1.45 bits per heavy atom. The molecule has 3 aromatic carbocycles. The summed E-state index contributed by atoms with van der Waals surface area (Å²) in [6.07, 6.45) is 2.00. The molecule has 6 nitrogen and oxygen atoms in total. The zero-order valence-electron chi connectivity index (χ0n) is 23.0. The summed E-state index contributed by atoms with van der Waals surface area (Å²) in [4.78, 5) is 27.3. The lowest BCUT2D eigenvalue weighted by Crippen LogP contribution is -2.36. The van der Waals surface area contributed by atoms with Gasteiger partial charge in [0.2, 0.25) is 0 Å². The van der Waals surface area contributed by atoms with Crippen LogP contribution >= 0.6 is 0 Å². The summed E-state index contributed by atoms with van der Waals surface area (Å²) in [6.45, 7) is 4.89. The minimum atomic E-state index is -0.525. The van der Waals surface area contributed by atoms with E-state index in [0.717, 1.165) is 29.0 Å². The molecule has 1 aliphatic carbocycles. The van der Waals surface area contributed by atoms with Crippen LogP contribution < -0.4 is 14.8 Å². The molecule has 0 bridgehead atoms. The van der Waals surface area contributed by atoms with Crippen molar-refractivity contribution >= 4 is 11.8 Å². The number of hydrogen-bond donors (Lipinski definition) is 1. The Morgan fingerprint density at radius 3 is 2.15 bits per heavy atom. The van der Waals surface area contributed by atoms with Gasteiger partial charge in [-0.2, -0.15) is 0 Å². The highest BCUT2D eigenvalue weighted by Crippen LogP contribution is 2.45. The molecule has 0 spiro atoms. The van der Waals surface area contributed by atoms with E-state index >= 15 is 0 Å². The van der Waals surface area contributed by atoms with Crippen LogP contribution in [-0.4, -0.2) is 31.6 Å². The van der Waals surface area contributed by atoms with E-state index in [-0.39, 0.29) is 24.9 Å². The van der Waals surface area contributed by atoms with Crippen molar-refractivity contribution in [2.75, 3.05) is 19.8 Å². The minimum Gasteiger partial charge on any atom is -0.494 e. The zero-order valence-corrected chi connectivity index (χ0v) is 23.0. The first-order valence-corrected chi connectivity index (χ1v) is 13.9.